The van der Waals surface area contributed by atoms with Gasteiger partial charge in [0.15, 0.2) is 5.96 Å². The van der Waals surface area contributed by atoms with Crippen molar-refractivity contribution >= 4 is 35.8 Å². The zero-order valence-electron chi connectivity index (χ0n) is 13.9. The number of nitrogens with zero attached hydrogens (tertiary/aromatic N) is 2. The zero-order chi connectivity index (χ0) is 15.5. The summed E-state index contributed by atoms with van der Waals surface area (Å²) >= 11 is 0. The second kappa shape index (κ2) is 12.7. The molecule has 128 valence electrons. The molecule has 0 saturated heterocycles. The Morgan fingerprint density at radius 2 is 2.14 bits per heavy atom. The number of aliphatic imine (C=N–C) groups is 1. The number of allylic oxidation sites excluding steroid dienone is 1. The van der Waals surface area contributed by atoms with Crippen LogP contribution in [0.1, 0.15) is 45.4 Å². The number of rotatable bonds is 10. The summed E-state index contributed by atoms with van der Waals surface area (Å²) in [4.78, 5) is 18.3. The van der Waals surface area contributed by atoms with Crippen LogP contribution in [0, 0.1) is 0 Å². The van der Waals surface area contributed by atoms with Crippen molar-refractivity contribution in [2.45, 2.75) is 51.5 Å². The summed E-state index contributed by atoms with van der Waals surface area (Å²) < 4.78 is 0. The van der Waals surface area contributed by atoms with Crippen LogP contribution in [-0.4, -0.2) is 49.5 Å². The minimum atomic E-state index is 0. The highest BCUT2D eigenvalue weighted by Gasteiger charge is 2.22. The number of guanidine groups is 1. The molecule has 0 aromatic carbocycles. The number of halogens is 1. The van der Waals surface area contributed by atoms with Crippen molar-refractivity contribution in [2.24, 2.45) is 4.99 Å². The first-order chi connectivity index (χ1) is 10.2. The lowest BCUT2D eigenvalue weighted by molar-refractivity contribution is -0.121. The Bertz CT molecular complexity index is 356. The van der Waals surface area contributed by atoms with Gasteiger partial charge in [0.25, 0.3) is 0 Å². The summed E-state index contributed by atoms with van der Waals surface area (Å²) in [7, 11) is 2.05. The molecule has 22 heavy (non-hydrogen) atoms. The minimum Gasteiger partial charge on any atom is -0.357 e. The summed E-state index contributed by atoms with van der Waals surface area (Å²) in [6.45, 7) is 8.30. The molecule has 1 fully saturated rings. The van der Waals surface area contributed by atoms with Gasteiger partial charge in [0.05, 0.1) is 0 Å². The summed E-state index contributed by atoms with van der Waals surface area (Å²) in [5, 5.41) is 6.29. The fourth-order valence-electron chi connectivity index (χ4n) is 2.00. The fraction of sp³-hybridized carbons (Fsp3) is 0.750. The average Bonchev–Trinajstić information content (AvgIpc) is 3.26. The Hall–Kier alpha value is -0.790. The molecule has 0 spiro atoms. The fourth-order valence-corrected chi connectivity index (χ4v) is 2.00. The third-order valence-electron chi connectivity index (χ3n) is 3.36. The average molecular weight is 422 g/mol. The van der Waals surface area contributed by atoms with Gasteiger partial charge < -0.3 is 15.5 Å². The van der Waals surface area contributed by atoms with Crippen LogP contribution in [0.5, 0.6) is 0 Å². The summed E-state index contributed by atoms with van der Waals surface area (Å²) in [6, 6.07) is 0.453. The van der Waals surface area contributed by atoms with Crippen LogP contribution in [-0.2, 0) is 4.79 Å². The van der Waals surface area contributed by atoms with Gasteiger partial charge in [0, 0.05) is 39.1 Å². The van der Waals surface area contributed by atoms with Gasteiger partial charge in [-0.1, -0.05) is 6.08 Å². The molecule has 0 aromatic heterocycles. The third-order valence-corrected chi connectivity index (χ3v) is 3.36. The van der Waals surface area contributed by atoms with Crippen molar-refractivity contribution in [3.05, 3.63) is 12.7 Å². The van der Waals surface area contributed by atoms with Crippen LogP contribution in [0.15, 0.2) is 17.6 Å². The quantitative estimate of drug-likeness (QED) is 0.187. The standard InChI is InChI=1S/C16H30N4O.HI/c1-4-6-7-13-20(3)16(17-5-2)18-12-8-9-15(21)19-14-10-11-14;/h4,14H,1,5-13H2,2-3H3,(H,17,18)(H,19,21);1H. The van der Waals surface area contributed by atoms with Crippen molar-refractivity contribution in [1.29, 1.82) is 0 Å². The van der Waals surface area contributed by atoms with Crippen LogP contribution >= 0.6 is 24.0 Å². The maximum Gasteiger partial charge on any atom is 0.220 e. The Morgan fingerprint density at radius 3 is 2.73 bits per heavy atom. The minimum absolute atomic E-state index is 0. The SMILES string of the molecule is C=CCCCN(C)C(=NCCCC(=O)NC1CC1)NCC.I. The van der Waals surface area contributed by atoms with Gasteiger partial charge >= 0.3 is 0 Å². The van der Waals surface area contributed by atoms with Gasteiger partial charge in [-0.05, 0) is 39.0 Å². The molecule has 1 aliphatic carbocycles. The molecule has 6 heteroatoms. The summed E-state index contributed by atoms with van der Waals surface area (Å²) in [6.07, 6.45) is 7.69. The van der Waals surface area contributed by atoms with Gasteiger partial charge in [0.1, 0.15) is 0 Å². The molecule has 1 rings (SSSR count). The number of hydrogen-bond donors (Lipinski definition) is 2. The van der Waals surface area contributed by atoms with Crippen molar-refractivity contribution in [3.63, 3.8) is 0 Å². The zero-order valence-corrected chi connectivity index (χ0v) is 16.3. The smallest absolute Gasteiger partial charge is 0.220 e. The first kappa shape index (κ1) is 21.2. The van der Waals surface area contributed by atoms with Crippen LogP contribution < -0.4 is 10.6 Å². The number of carbonyl (C=O) groups is 1. The molecular formula is C16H31IN4O. The van der Waals surface area contributed by atoms with Gasteiger partial charge in [-0.25, -0.2) is 0 Å². The van der Waals surface area contributed by atoms with Gasteiger partial charge in [0.2, 0.25) is 5.91 Å². The van der Waals surface area contributed by atoms with E-state index in [4.69, 9.17) is 0 Å². The molecule has 1 aliphatic rings. The largest absolute Gasteiger partial charge is 0.357 e. The maximum absolute atomic E-state index is 11.6. The molecule has 1 amide bonds. The number of carbonyl (C=O) groups excluding carboxylic acids is 1. The molecule has 5 nitrogen and oxygen atoms in total. The third kappa shape index (κ3) is 10.0. The highest BCUT2D eigenvalue weighted by Crippen LogP contribution is 2.18. The Balaban J connectivity index is 0.00000441. The number of nitrogens with one attached hydrogen (secondary N) is 2. The van der Waals surface area contributed by atoms with E-state index in [0.29, 0.717) is 19.0 Å². The van der Waals surface area contributed by atoms with E-state index in [2.05, 4.69) is 34.0 Å². The highest BCUT2D eigenvalue weighted by molar-refractivity contribution is 14.0. The molecular weight excluding hydrogens is 391 g/mol. The summed E-state index contributed by atoms with van der Waals surface area (Å²) in [5.41, 5.74) is 0. The van der Waals surface area contributed by atoms with E-state index in [-0.39, 0.29) is 29.9 Å². The monoisotopic (exact) mass is 422 g/mol. The van der Waals surface area contributed by atoms with E-state index in [9.17, 15) is 4.79 Å². The predicted molar refractivity (Wildman–Crippen MR) is 104 cm³/mol. The van der Waals surface area contributed by atoms with E-state index in [1.165, 1.54) is 0 Å². The lowest BCUT2D eigenvalue weighted by atomic mass is 10.3. The van der Waals surface area contributed by atoms with Crippen LogP contribution in [0.3, 0.4) is 0 Å². The van der Waals surface area contributed by atoms with Gasteiger partial charge in [-0.3, -0.25) is 9.79 Å². The van der Waals surface area contributed by atoms with E-state index in [1.54, 1.807) is 0 Å². The lowest BCUT2D eigenvalue weighted by Gasteiger charge is -2.21. The molecule has 0 atom stereocenters. The first-order valence-electron chi connectivity index (χ1n) is 8.07. The van der Waals surface area contributed by atoms with Crippen LogP contribution in [0.25, 0.3) is 0 Å². The normalized spacial score (nSPS) is 14.0. The molecule has 0 aliphatic heterocycles. The summed E-state index contributed by atoms with van der Waals surface area (Å²) in [5.74, 6) is 1.08. The highest BCUT2D eigenvalue weighted by atomic mass is 127. The lowest BCUT2D eigenvalue weighted by Crippen LogP contribution is -2.39. The van der Waals surface area contributed by atoms with E-state index < -0.39 is 0 Å². The Labute approximate surface area is 152 Å². The first-order valence-corrected chi connectivity index (χ1v) is 8.07. The molecule has 0 unspecified atom stereocenters. The van der Waals surface area contributed by atoms with Crippen molar-refractivity contribution in [1.82, 2.24) is 15.5 Å². The predicted octanol–water partition coefficient (Wildman–Crippen LogP) is 2.53. The number of hydrogen-bond acceptors (Lipinski definition) is 2. The topological polar surface area (TPSA) is 56.7 Å². The number of unbranched alkanes of at least 4 members (excludes halogenated alkanes) is 1. The molecule has 0 heterocycles. The van der Waals surface area contributed by atoms with Crippen molar-refractivity contribution in [2.75, 3.05) is 26.7 Å². The second-order valence-corrected chi connectivity index (χ2v) is 5.53. The Morgan fingerprint density at radius 1 is 1.41 bits per heavy atom. The van der Waals surface area contributed by atoms with E-state index in [1.807, 2.05) is 13.1 Å². The van der Waals surface area contributed by atoms with Crippen molar-refractivity contribution < 1.29 is 4.79 Å². The van der Waals surface area contributed by atoms with Gasteiger partial charge in [-0.15, -0.1) is 30.6 Å². The van der Waals surface area contributed by atoms with Crippen LogP contribution in [0.4, 0.5) is 0 Å². The number of amides is 1. The Kier molecular flexibility index (Phi) is 12.3. The molecule has 0 radical (unpaired) electrons. The van der Waals surface area contributed by atoms with Crippen molar-refractivity contribution in [3.8, 4) is 0 Å². The molecule has 0 bridgehead atoms. The molecule has 0 aromatic rings. The van der Waals surface area contributed by atoms with E-state index >= 15 is 0 Å². The maximum atomic E-state index is 11.6. The second-order valence-electron chi connectivity index (χ2n) is 5.53. The van der Waals surface area contributed by atoms with Gasteiger partial charge in [-0.2, -0.15) is 0 Å². The molecule has 2 N–H and O–H groups in total. The van der Waals surface area contributed by atoms with Crippen LogP contribution in [0.2, 0.25) is 0 Å². The van der Waals surface area contributed by atoms with E-state index in [0.717, 1.165) is 51.2 Å². The molecule has 1 saturated carbocycles.